The van der Waals surface area contributed by atoms with E-state index in [0.29, 0.717) is 22.0 Å². The molecule has 0 unspecified atom stereocenters. The number of aromatic nitrogens is 1. The van der Waals surface area contributed by atoms with E-state index < -0.39 is 5.15 Å². The Morgan fingerprint density at radius 3 is 2.06 bits per heavy atom. The number of nitrogens with zero attached hydrogens (tertiary/aromatic N) is 4. The summed E-state index contributed by atoms with van der Waals surface area (Å²) in [6.45, 7) is 0. The van der Waals surface area contributed by atoms with Gasteiger partial charge in [-0.05, 0) is 39.0 Å². The van der Waals surface area contributed by atoms with Gasteiger partial charge in [0.05, 0.1) is 15.8 Å². The van der Waals surface area contributed by atoms with Crippen molar-refractivity contribution < 1.29 is 8.96 Å². The van der Waals surface area contributed by atoms with Gasteiger partial charge in [-0.2, -0.15) is 0 Å². The molecule has 0 saturated heterocycles. The number of fused-ring (bicyclic) bond motifs is 5. The highest BCUT2D eigenvalue weighted by molar-refractivity contribution is 6.25. The molecule has 7 rings (SSSR count). The van der Waals surface area contributed by atoms with E-state index in [0.717, 1.165) is 31.1 Å². The van der Waals surface area contributed by atoms with Crippen molar-refractivity contribution in [2.24, 2.45) is 4.99 Å². The Morgan fingerprint density at radius 1 is 0.676 bits per heavy atom. The van der Waals surface area contributed by atoms with Crippen molar-refractivity contribution in [3.05, 3.63) is 125 Å². The standard InChI is InChI=1S/C28H18F2N4/c29-34(30)32-23-17-9-7-15-21(23)25(19-11-3-1-4-12-19)27(32)31-28-26(20-13-5-2-6-14-20)22-16-8-10-18-24(22)33(28)34/h1-18H/q+2. The van der Waals surface area contributed by atoms with Crippen LogP contribution in [0.3, 0.4) is 0 Å². The van der Waals surface area contributed by atoms with E-state index in [1.54, 1.807) is 24.3 Å². The van der Waals surface area contributed by atoms with Crippen LogP contribution in [0.2, 0.25) is 0 Å². The van der Waals surface area contributed by atoms with Crippen molar-refractivity contribution in [3.63, 3.8) is 0 Å². The SMILES string of the molecule is F[N+]1(F)n2c(c(-c3ccccc3)c3ccccc32)N=C2C(c3ccccc3)=c3ccccc3=[N+]21. The molecule has 0 atom stereocenters. The average Bonchev–Trinajstić information content (AvgIpc) is 3.39. The number of hydrogen-bond donors (Lipinski definition) is 0. The molecular weight excluding hydrogens is 430 g/mol. The molecule has 4 aromatic carbocycles. The predicted octanol–water partition coefficient (Wildman–Crippen LogP) is 4.88. The first kappa shape index (κ1) is 19.1. The van der Waals surface area contributed by atoms with Gasteiger partial charge < -0.3 is 0 Å². The number of aliphatic imine (C=N–C) groups is 1. The Bertz CT molecular complexity index is 1770. The quantitative estimate of drug-likeness (QED) is 0.271. The first-order valence-electron chi connectivity index (χ1n) is 11.1. The van der Waals surface area contributed by atoms with E-state index in [1.807, 2.05) is 84.9 Å². The predicted molar refractivity (Wildman–Crippen MR) is 130 cm³/mol. The van der Waals surface area contributed by atoms with Crippen molar-refractivity contribution in [2.45, 2.75) is 0 Å². The van der Waals surface area contributed by atoms with Crippen LogP contribution in [0.15, 0.2) is 114 Å². The molecule has 34 heavy (non-hydrogen) atoms. The van der Waals surface area contributed by atoms with Crippen LogP contribution in [0.25, 0.3) is 27.6 Å². The van der Waals surface area contributed by atoms with Gasteiger partial charge in [0.2, 0.25) is 5.36 Å². The van der Waals surface area contributed by atoms with Gasteiger partial charge in [-0.15, -0.1) is 0 Å². The van der Waals surface area contributed by atoms with Crippen LogP contribution in [-0.2, 0) is 0 Å². The highest BCUT2D eigenvalue weighted by Crippen LogP contribution is 2.44. The molecule has 1 aromatic heterocycles. The van der Waals surface area contributed by atoms with Crippen LogP contribution in [0.4, 0.5) is 14.8 Å². The van der Waals surface area contributed by atoms with Crippen LogP contribution in [0.5, 0.6) is 0 Å². The fourth-order valence-electron chi connectivity index (χ4n) is 5.08. The number of rotatable bonds is 2. The van der Waals surface area contributed by atoms with Crippen LogP contribution in [0.1, 0.15) is 5.56 Å². The molecule has 0 bridgehead atoms. The van der Waals surface area contributed by atoms with E-state index in [2.05, 4.69) is 0 Å². The minimum Gasteiger partial charge on any atom is -0.0622 e. The summed E-state index contributed by atoms with van der Waals surface area (Å²) < 4.78 is 35.1. The first-order chi connectivity index (χ1) is 16.7. The Morgan fingerprint density at radius 2 is 1.29 bits per heavy atom. The first-order valence-corrected chi connectivity index (χ1v) is 11.1. The lowest BCUT2D eigenvalue weighted by atomic mass is 10.0. The minimum atomic E-state index is -2.51. The lowest BCUT2D eigenvalue weighted by Crippen LogP contribution is -2.61. The molecular formula is C28H18F2N4+2. The molecule has 0 N–H and O–H groups in total. The molecule has 2 aliphatic heterocycles. The van der Waals surface area contributed by atoms with Gasteiger partial charge in [0.25, 0.3) is 0 Å². The van der Waals surface area contributed by atoms with E-state index in [4.69, 9.17) is 4.99 Å². The molecule has 0 saturated carbocycles. The van der Waals surface area contributed by atoms with E-state index in [-0.39, 0.29) is 11.7 Å². The van der Waals surface area contributed by atoms with E-state index >= 15 is 8.96 Å². The lowest BCUT2D eigenvalue weighted by molar-refractivity contribution is -0.273. The molecule has 0 spiro atoms. The maximum atomic E-state index is 16.5. The zero-order chi connectivity index (χ0) is 22.9. The van der Waals surface area contributed by atoms with Crippen LogP contribution < -0.4 is 20.4 Å². The number of hydrogen-bond acceptors (Lipinski definition) is 1. The number of para-hydroxylation sites is 2. The van der Waals surface area contributed by atoms with Crippen molar-refractivity contribution in [1.82, 2.24) is 14.5 Å². The second kappa shape index (κ2) is 6.79. The van der Waals surface area contributed by atoms with Crippen molar-refractivity contribution >= 4 is 28.1 Å². The van der Waals surface area contributed by atoms with Crippen molar-refractivity contribution in [2.75, 3.05) is 0 Å². The summed E-state index contributed by atoms with van der Waals surface area (Å²) in [5.41, 5.74) is 3.52. The van der Waals surface area contributed by atoms with Gasteiger partial charge in [0.15, 0.2) is 0 Å². The number of benzene rings is 4. The Kier molecular flexibility index (Phi) is 3.81. The summed E-state index contributed by atoms with van der Waals surface area (Å²) in [4.78, 5) is 4.96. The van der Waals surface area contributed by atoms with Gasteiger partial charge in [-0.1, -0.05) is 91.0 Å². The third-order valence-electron chi connectivity index (χ3n) is 6.47. The fraction of sp³-hybridized carbons (Fsp3) is 0. The summed E-state index contributed by atoms with van der Waals surface area (Å²) >= 11 is 0. The molecule has 2 aliphatic rings. The summed E-state index contributed by atoms with van der Waals surface area (Å²) in [7, 11) is 0. The molecule has 0 fully saturated rings. The highest BCUT2D eigenvalue weighted by atomic mass is 19.4. The molecule has 6 heteroatoms. The monoisotopic (exact) mass is 448 g/mol. The van der Waals surface area contributed by atoms with Crippen molar-refractivity contribution in [1.29, 1.82) is 0 Å². The third kappa shape index (κ3) is 2.43. The summed E-state index contributed by atoms with van der Waals surface area (Å²) in [5, 5.41) is -0.604. The second-order valence-electron chi connectivity index (χ2n) is 8.35. The smallest absolute Gasteiger partial charge is 0.0622 e. The highest BCUT2D eigenvalue weighted by Gasteiger charge is 2.59. The normalized spacial score (nSPS) is 15.6. The summed E-state index contributed by atoms with van der Waals surface area (Å²) in [5.74, 6) is 0.481. The summed E-state index contributed by atoms with van der Waals surface area (Å²) in [6, 6.07) is 33.7. The van der Waals surface area contributed by atoms with Gasteiger partial charge in [0.1, 0.15) is 14.5 Å². The van der Waals surface area contributed by atoms with E-state index in [1.165, 1.54) is 0 Å². The zero-order valence-corrected chi connectivity index (χ0v) is 17.9. The molecule has 4 nitrogen and oxygen atoms in total. The van der Waals surface area contributed by atoms with Crippen LogP contribution in [-0.4, -0.2) is 10.5 Å². The Labute approximate surface area is 193 Å². The molecule has 0 radical (unpaired) electrons. The lowest BCUT2D eigenvalue weighted by Gasteiger charge is -2.16. The number of amidine groups is 1. The number of halogens is 2. The maximum Gasteiger partial charge on any atom is 0.394 e. The maximum absolute atomic E-state index is 16.5. The summed E-state index contributed by atoms with van der Waals surface area (Å²) in [6.07, 6.45) is 0. The molecule has 3 heterocycles. The van der Waals surface area contributed by atoms with Gasteiger partial charge >= 0.3 is 16.8 Å². The molecule has 162 valence electrons. The Balaban J connectivity index is 1.67. The average molecular weight is 448 g/mol. The zero-order valence-electron chi connectivity index (χ0n) is 17.9. The van der Waals surface area contributed by atoms with Gasteiger partial charge in [-0.25, -0.2) is 0 Å². The van der Waals surface area contributed by atoms with Crippen LogP contribution >= 0.6 is 0 Å². The molecule has 0 aliphatic carbocycles. The fourth-order valence-corrected chi connectivity index (χ4v) is 5.08. The number of quaternary nitrogens is 1. The van der Waals surface area contributed by atoms with Crippen LogP contribution in [0, 0.1) is 0 Å². The molecule has 0 amide bonds. The Hall–Kier alpha value is -4.42. The minimum absolute atomic E-state index is 0.241. The van der Waals surface area contributed by atoms with Crippen molar-refractivity contribution in [3.8, 4) is 11.1 Å². The largest absolute Gasteiger partial charge is 0.394 e. The van der Waals surface area contributed by atoms with E-state index in [9.17, 15) is 0 Å². The van der Waals surface area contributed by atoms with Gasteiger partial charge in [-0.3, -0.25) is 0 Å². The third-order valence-corrected chi connectivity index (χ3v) is 6.47. The second-order valence-corrected chi connectivity index (χ2v) is 8.35. The molecule has 5 aromatic rings. The van der Waals surface area contributed by atoms with Gasteiger partial charge in [0, 0.05) is 10.6 Å². The topological polar surface area (TPSA) is 20.3 Å².